The molecule has 118 valence electrons. The fourth-order valence-corrected chi connectivity index (χ4v) is 3.77. The average molecular weight is 367 g/mol. The van der Waals surface area contributed by atoms with Gasteiger partial charge in [0.25, 0.3) is 0 Å². The van der Waals surface area contributed by atoms with Crippen molar-refractivity contribution in [3.63, 3.8) is 0 Å². The molecule has 1 amide bonds. The molecule has 2 aliphatic rings. The summed E-state index contributed by atoms with van der Waals surface area (Å²) in [6, 6.07) is 5.72. The molecule has 0 saturated carbocycles. The summed E-state index contributed by atoms with van der Waals surface area (Å²) in [6.07, 6.45) is 1.18. The number of carbonyl (C=O) groups excluding carboxylic acids is 2. The first-order valence-corrected chi connectivity index (χ1v) is 8.17. The molecule has 2 heterocycles. The second-order valence-corrected chi connectivity index (χ2v) is 6.90. The smallest absolute Gasteiger partial charge is 0.235 e. The van der Waals surface area contributed by atoms with Crippen LogP contribution in [0.4, 0.5) is 0 Å². The van der Waals surface area contributed by atoms with Crippen LogP contribution in [0.1, 0.15) is 29.9 Å². The monoisotopic (exact) mass is 366 g/mol. The Labute approximate surface area is 138 Å². The molecule has 0 aromatic heterocycles. The second kappa shape index (κ2) is 5.76. The number of aryl methyl sites for hydroxylation is 1. The summed E-state index contributed by atoms with van der Waals surface area (Å²) in [5.41, 5.74) is 1.02. The molecule has 6 heteroatoms. The van der Waals surface area contributed by atoms with Gasteiger partial charge in [-0.2, -0.15) is 5.06 Å². The number of amides is 1. The van der Waals surface area contributed by atoms with Crippen LogP contribution in [-0.4, -0.2) is 42.5 Å². The van der Waals surface area contributed by atoms with Crippen molar-refractivity contribution in [1.82, 2.24) is 10.4 Å². The molecule has 0 aliphatic carbocycles. The summed E-state index contributed by atoms with van der Waals surface area (Å²) in [6.45, 7) is 3.22. The van der Waals surface area contributed by atoms with Crippen LogP contribution in [-0.2, 0) is 14.4 Å². The van der Waals surface area contributed by atoms with E-state index in [-0.39, 0.29) is 11.7 Å². The van der Waals surface area contributed by atoms with Crippen molar-refractivity contribution in [3.8, 4) is 0 Å². The van der Waals surface area contributed by atoms with E-state index in [9.17, 15) is 9.59 Å². The van der Waals surface area contributed by atoms with Gasteiger partial charge >= 0.3 is 0 Å². The molecule has 2 saturated heterocycles. The van der Waals surface area contributed by atoms with Crippen molar-refractivity contribution in [3.05, 3.63) is 33.8 Å². The van der Waals surface area contributed by atoms with Gasteiger partial charge in [0.15, 0.2) is 5.78 Å². The number of hydrogen-bond acceptors (Lipinski definition) is 4. The Morgan fingerprint density at radius 2 is 2.00 bits per heavy atom. The van der Waals surface area contributed by atoms with Crippen LogP contribution in [0.15, 0.2) is 22.7 Å². The predicted molar refractivity (Wildman–Crippen MR) is 85.3 cm³/mol. The molecule has 1 aromatic carbocycles. The quantitative estimate of drug-likeness (QED) is 0.812. The van der Waals surface area contributed by atoms with Crippen LogP contribution < -0.4 is 5.32 Å². The van der Waals surface area contributed by atoms with Crippen molar-refractivity contribution < 1.29 is 14.4 Å². The van der Waals surface area contributed by atoms with Crippen LogP contribution in [0.3, 0.4) is 0 Å². The number of rotatable bonds is 2. The van der Waals surface area contributed by atoms with Crippen LogP contribution in [0.25, 0.3) is 0 Å². The van der Waals surface area contributed by atoms with Gasteiger partial charge in [-0.05, 0) is 43.0 Å². The van der Waals surface area contributed by atoms with E-state index < -0.39 is 11.5 Å². The zero-order chi connectivity index (χ0) is 15.9. The predicted octanol–water partition coefficient (Wildman–Crippen LogP) is 1.94. The fourth-order valence-electron chi connectivity index (χ4n) is 3.39. The summed E-state index contributed by atoms with van der Waals surface area (Å²) in [4.78, 5) is 30.7. The maximum absolute atomic E-state index is 13.0. The molecule has 1 unspecified atom stereocenters. The normalized spacial score (nSPS) is 24.8. The summed E-state index contributed by atoms with van der Waals surface area (Å²) >= 11 is 3.42. The zero-order valence-electron chi connectivity index (χ0n) is 12.7. The van der Waals surface area contributed by atoms with Crippen LogP contribution >= 0.6 is 15.9 Å². The maximum atomic E-state index is 13.0. The van der Waals surface area contributed by atoms with Crippen molar-refractivity contribution in [1.29, 1.82) is 0 Å². The Hall–Kier alpha value is -1.24. The Kier molecular flexibility index (Phi) is 4.09. The summed E-state index contributed by atoms with van der Waals surface area (Å²) in [5.74, 6) is -0.891. The fraction of sp³-hybridized carbons (Fsp3) is 0.500. The first kappa shape index (κ1) is 15.6. The number of hydrogen-bond donors (Lipinski definition) is 1. The number of halogens is 1. The Morgan fingerprint density at radius 1 is 1.32 bits per heavy atom. The van der Waals surface area contributed by atoms with Crippen LogP contribution in [0.2, 0.25) is 0 Å². The highest BCUT2D eigenvalue weighted by molar-refractivity contribution is 9.10. The third kappa shape index (κ3) is 2.49. The lowest BCUT2D eigenvalue weighted by molar-refractivity contribution is -0.157. The number of carbonyl (C=O) groups is 2. The SMILES string of the molecule is CON1CCC2(CC1)NC(=O)C(c1cc(Br)ccc1C)C2=O. The first-order valence-electron chi connectivity index (χ1n) is 7.38. The highest BCUT2D eigenvalue weighted by Gasteiger charge is 2.54. The number of nitrogens with zero attached hydrogens (tertiary/aromatic N) is 1. The molecule has 1 aromatic rings. The molecule has 1 N–H and O–H groups in total. The molecule has 2 fully saturated rings. The molecule has 3 rings (SSSR count). The van der Waals surface area contributed by atoms with Gasteiger partial charge < -0.3 is 10.2 Å². The number of benzene rings is 1. The van der Waals surface area contributed by atoms with Gasteiger partial charge in [0, 0.05) is 17.6 Å². The molecule has 1 atom stereocenters. The van der Waals surface area contributed by atoms with E-state index in [1.807, 2.05) is 30.2 Å². The van der Waals surface area contributed by atoms with Gasteiger partial charge in [-0.3, -0.25) is 9.59 Å². The van der Waals surface area contributed by atoms with Crippen molar-refractivity contribution in [2.45, 2.75) is 31.2 Å². The topological polar surface area (TPSA) is 58.6 Å². The molecule has 2 aliphatic heterocycles. The Bertz CT molecular complexity index is 624. The first-order chi connectivity index (χ1) is 10.5. The Balaban J connectivity index is 1.91. The minimum absolute atomic E-state index is 0.00514. The van der Waals surface area contributed by atoms with Gasteiger partial charge in [-0.15, -0.1) is 0 Å². The molecule has 0 radical (unpaired) electrons. The minimum atomic E-state index is -0.731. The second-order valence-electron chi connectivity index (χ2n) is 5.98. The highest BCUT2D eigenvalue weighted by atomic mass is 79.9. The van der Waals surface area contributed by atoms with Gasteiger partial charge in [0.2, 0.25) is 5.91 Å². The molecule has 22 heavy (non-hydrogen) atoms. The Morgan fingerprint density at radius 3 is 2.64 bits per heavy atom. The number of piperidine rings is 1. The van der Waals surface area contributed by atoms with E-state index >= 15 is 0 Å². The van der Waals surface area contributed by atoms with Gasteiger partial charge in [0.1, 0.15) is 11.5 Å². The lowest BCUT2D eigenvalue weighted by Crippen LogP contribution is -2.54. The molecule has 1 spiro atoms. The minimum Gasteiger partial charge on any atom is -0.343 e. The summed E-state index contributed by atoms with van der Waals surface area (Å²) in [7, 11) is 1.63. The van der Waals surface area contributed by atoms with E-state index in [1.54, 1.807) is 7.11 Å². The number of nitrogens with one attached hydrogen (secondary N) is 1. The van der Waals surface area contributed by atoms with Crippen LogP contribution in [0, 0.1) is 6.92 Å². The molecular formula is C16H19BrN2O3. The lowest BCUT2D eigenvalue weighted by Gasteiger charge is -2.36. The highest BCUT2D eigenvalue weighted by Crippen LogP contribution is 2.38. The molecular weight excluding hydrogens is 348 g/mol. The van der Waals surface area contributed by atoms with E-state index in [0.29, 0.717) is 25.9 Å². The summed E-state index contributed by atoms with van der Waals surface area (Å²) in [5, 5.41) is 4.79. The van der Waals surface area contributed by atoms with E-state index in [2.05, 4.69) is 21.2 Å². The zero-order valence-corrected chi connectivity index (χ0v) is 14.3. The number of ketones is 1. The standard InChI is InChI=1S/C16H19BrN2O3/c1-10-3-4-11(17)9-12(10)13-14(20)16(18-15(13)21)5-7-19(22-2)8-6-16/h3-4,9,13H,5-8H2,1-2H3,(H,18,21). The maximum Gasteiger partial charge on any atom is 0.235 e. The molecule has 5 nitrogen and oxygen atoms in total. The van der Waals surface area contributed by atoms with Gasteiger partial charge in [-0.25, -0.2) is 0 Å². The number of Topliss-reactive ketones (excluding diaryl/α,β-unsaturated/α-hetero) is 1. The summed E-state index contributed by atoms with van der Waals surface area (Å²) < 4.78 is 0.879. The van der Waals surface area contributed by atoms with E-state index in [1.165, 1.54) is 0 Å². The van der Waals surface area contributed by atoms with E-state index in [0.717, 1.165) is 15.6 Å². The van der Waals surface area contributed by atoms with Gasteiger partial charge in [0.05, 0.1) is 7.11 Å². The third-order valence-electron chi connectivity index (χ3n) is 4.74. The molecule has 0 bridgehead atoms. The van der Waals surface area contributed by atoms with Crippen molar-refractivity contribution >= 4 is 27.6 Å². The van der Waals surface area contributed by atoms with E-state index in [4.69, 9.17) is 4.84 Å². The number of hydroxylamine groups is 2. The largest absolute Gasteiger partial charge is 0.343 e. The van der Waals surface area contributed by atoms with Crippen molar-refractivity contribution in [2.75, 3.05) is 20.2 Å². The van der Waals surface area contributed by atoms with Crippen LogP contribution in [0.5, 0.6) is 0 Å². The lowest BCUT2D eigenvalue weighted by atomic mass is 9.80. The average Bonchev–Trinajstić information content (AvgIpc) is 2.74. The van der Waals surface area contributed by atoms with Crippen molar-refractivity contribution in [2.24, 2.45) is 0 Å². The third-order valence-corrected chi connectivity index (χ3v) is 5.24. The van der Waals surface area contributed by atoms with Gasteiger partial charge in [-0.1, -0.05) is 22.0 Å².